The second-order valence-corrected chi connectivity index (χ2v) is 25.3. The van der Waals surface area contributed by atoms with Gasteiger partial charge in [0, 0.05) is 12.8 Å². The molecule has 0 fully saturated rings. The number of ether oxygens (including phenoxy) is 2. The zero-order valence-corrected chi connectivity index (χ0v) is 51.3. The number of unbranched alkanes of at least 4 members (excludes halogenated alkanes) is 48. The summed E-state index contributed by atoms with van der Waals surface area (Å²) in [7, 11) is 1.50. The van der Waals surface area contributed by atoms with Gasteiger partial charge >= 0.3 is 19.8 Å². The summed E-state index contributed by atoms with van der Waals surface area (Å²) in [6.45, 7) is 4.47. The summed E-state index contributed by atoms with van der Waals surface area (Å²) >= 11 is 0. The molecule has 0 spiro atoms. The molecule has 74 heavy (non-hydrogen) atoms. The van der Waals surface area contributed by atoms with Crippen LogP contribution in [-0.4, -0.2) is 74.9 Å². The standard InChI is InChI=1S/C64H128NO8P/c1-6-8-10-12-14-16-17-18-19-20-21-22-23-24-25-26-27-28-29-30-31-32-33-34-35-36-37-38-39-40-41-42-43-44-45-46-47-49-51-53-55-57-64(67)73-62(61-72-74(68,69)71-59-58-65(3,4)5)60-70-63(66)56-54-52-50-48-15-13-11-9-7-2/h62H,6-61H2,1-5H3/p+1. The molecule has 0 aromatic carbocycles. The number of hydrogen-bond acceptors (Lipinski definition) is 7. The van der Waals surface area contributed by atoms with Gasteiger partial charge in [0.25, 0.3) is 0 Å². The lowest BCUT2D eigenvalue weighted by Crippen LogP contribution is -2.37. The van der Waals surface area contributed by atoms with Gasteiger partial charge in [0.05, 0.1) is 27.7 Å². The lowest BCUT2D eigenvalue weighted by atomic mass is 10.0. The summed E-state index contributed by atoms with van der Waals surface area (Å²) in [5, 5.41) is 0. The summed E-state index contributed by atoms with van der Waals surface area (Å²) in [5.41, 5.74) is 0. The molecule has 10 heteroatoms. The third kappa shape index (κ3) is 60.2. The number of quaternary nitrogens is 1. The van der Waals surface area contributed by atoms with Gasteiger partial charge in [-0.2, -0.15) is 0 Å². The van der Waals surface area contributed by atoms with Gasteiger partial charge in [-0.05, 0) is 12.8 Å². The summed E-state index contributed by atoms with van der Waals surface area (Å²) in [6, 6.07) is 0. The Balaban J connectivity index is 3.72. The Morgan fingerprint density at radius 2 is 0.608 bits per heavy atom. The average Bonchev–Trinajstić information content (AvgIpc) is 3.36. The molecule has 0 amide bonds. The van der Waals surface area contributed by atoms with E-state index in [1.807, 2.05) is 21.1 Å². The number of rotatable bonds is 62. The van der Waals surface area contributed by atoms with Gasteiger partial charge in [0.1, 0.15) is 19.8 Å². The molecule has 0 bridgehead atoms. The van der Waals surface area contributed by atoms with E-state index in [4.69, 9.17) is 18.5 Å². The Labute approximate surface area is 461 Å². The van der Waals surface area contributed by atoms with Gasteiger partial charge in [0.15, 0.2) is 6.10 Å². The van der Waals surface area contributed by atoms with Gasteiger partial charge in [-0.1, -0.05) is 322 Å². The lowest BCUT2D eigenvalue weighted by Gasteiger charge is -2.24. The van der Waals surface area contributed by atoms with Crippen LogP contribution in [0.15, 0.2) is 0 Å². The van der Waals surface area contributed by atoms with Crippen molar-refractivity contribution in [1.29, 1.82) is 0 Å². The fraction of sp³-hybridized carbons (Fsp3) is 0.969. The topological polar surface area (TPSA) is 108 Å². The molecule has 2 atom stereocenters. The van der Waals surface area contributed by atoms with E-state index in [1.165, 1.54) is 283 Å². The van der Waals surface area contributed by atoms with Crippen LogP contribution in [0.25, 0.3) is 0 Å². The van der Waals surface area contributed by atoms with Crippen molar-refractivity contribution in [2.45, 2.75) is 354 Å². The smallest absolute Gasteiger partial charge is 0.462 e. The first-order valence-corrected chi connectivity index (χ1v) is 34.3. The monoisotopic (exact) mass is 1070 g/mol. The fourth-order valence-electron chi connectivity index (χ4n) is 10.1. The molecular formula is C64H129NO8P+. The highest BCUT2D eigenvalue weighted by Gasteiger charge is 2.27. The van der Waals surface area contributed by atoms with Crippen LogP contribution in [0, 0.1) is 0 Å². The summed E-state index contributed by atoms with van der Waals surface area (Å²) in [6.07, 6.45) is 66.9. The maximum atomic E-state index is 12.8. The molecule has 0 aliphatic carbocycles. The van der Waals surface area contributed by atoms with E-state index in [0.717, 1.165) is 38.5 Å². The molecule has 0 radical (unpaired) electrons. The molecule has 1 N–H and O–H groups in total. The van der Waals surface area contributed by atoms with E-state index in [0.29, 0.717) is 17.4 Å². The minimum absolute atomic E-state index is 0.0370. The van der Waals surface area contributed by atoms with Crippen LogP contribution in [0.3, 0.4) is 0 Å². The molecule has 9 nitrogen and oxygen atoms in total. The Morgan fingerprint density at radius 1 is 0.365 bits per heavy atom. The number of carbonyl (C=O) groups excluding carboxylic acids is 2. The predicted octanol–water partition coefficient (Wildman–Crippen LogP) is 20.6. The average molecular weight is 1070 g/mol. The minimum Gasteiger partial charge on any atom is -0.462 e. The van der Waals surface area contributed by atoms with Gasteiger partial charge in [0.2, 0.25) is 0 Å². The quantitative estimate of drug-likeness (QED) is 0.0278. The summed E-state index contributed by atoms with van der Waals surface area (Å²) in [4.78, 5) is 35.5. The summed E-state index contributed by atoms with van der Waals surface area (Å²) in [5.74, 6) is -0.781. The van der Waals surface area contributed by atoms with Gasteiger partial charge in [-0.15, -0.1) is 0 Å². The van der Waals surface area contributed by atoms with Crippen molar-refractivity contribution in [1.82, 2.24) is 0 Å². The Kier molecular flexibility index (Phi) is 56.0. The van der Waals surface area contributed by atoms with Gasteiger partial charge < -0.3 is 18.9 Å². The highest BCUT2D eigenvalue weighted by atomic mass is 31.2. The van der Waals surface area contributed by atoms with Crippen LogP contribution >= 0.6 is 7.82 Å². The maximum Gasteiger partial charge on any atom is 0.472 e. The molecule has 0 saturated heterocycles. The van der Waals surface area contributed by atoms with Crippen LogP contribution in [-0.2, 0) is 32.7 Å². The minimum atomic E-state index is -4.37. The van der Waals surface area contributed by atoms with E-state index >= 15 is 0 Å². The number of hydrogen-bond donors (Lipinski definition) is 1. The first-order chi connectivity index (χ1) is 36.0. The highest BCUT2D eigenvalue weighted by molar-refractivity contribution is 7.47. The number of likely N-dealkylation sites (N-methyl/N-ethyl adjacent to an activating group) is 1. The van der Waals surface area contributed by atoms with Crippen molar-refractivity contribution in [3.63, 3.8) is 0 Å². The second kappa shape index (κ2) is 56.7. The molecule has 0 aliphatic heterocycles. The number of phosphoric acid groups is 1. The van der Waals surface area contributed by atoms with E-state index in [-0.39, 0.29) is 25.6 Å². The van der Waals surface area contributed by atoms with E-state index in [2.05, 4.69) is 13.8 Å². The van der Waals surface area contributed by atoms with Crippen molar-refractivity contribution in [2.24, 2.45) is 0 Å². The van der Waals surface area contributed by atoms with E-state index < -0.39 is 26.5 Å². The van der Waals surface area contributed by atoms with E-state index in [1.54, 1.807) is 0 Å². The van der Waals surface area contributed by atoms with E-state index in [9.17, 15) is 19.0 Å². The zero-order chi connectivity index (χ0) is 54.2. The second-order valence-electron chi connectivity index (χ2n) is 23.9. The van der Waals surface area contributed by atoms with Gasteiger partial charge in [-0.3, -0.25) is 18.6 Å². The lowest BCUT2D eigenvalue weighted by molar-refractivity contribution is -0.870. The van der Waals surface area contributed by atoms with Crippen LogP contribution in [0.1, 0.15) is 348 Å². The third-order valence-electron chi connectivity index (χ3n) is 15.1. The SMILES string of the molecule is CCCCCCCCCCCCCCCCCCCCCCCCCCCCCCCCCCCCCCCCCCCC(=O)OC(COC(=O)CCCCCCCCCCC)COP(=O)(O)OCC[N+](C)(C)C. The zero-order valence-electron chi connectivity index (χ0n) is 50.4. The molecule has 0 aliphatic rings. The first kappa shape index (κ1) is 73.0. The van der Waals surface area contributed by atoms with Gasteiger partial charge in [-0.25, -0.2) is 4.57 Å². The Morgan fingerprint density at radius 3 is 0.865 bits per heavy atom. The number of nitrogens with zero attached hydrogens (tertiary/aromatic N) is 1. The fourth-order valence-corrected chi connectivity index (χ4v) is 10.8. The highest BCUT2D eigenvalue weighted by Crippen LogP contribution is 2.43. The van der Waals surface area contributed by atoms with Crippen LogP contribution < -0.4 is 0 Å². The van der Waals surface area contributed by atoms with Crippen molar-refractivity contribution < 1.29 is 42.1 Å². The molecule has 0 saturated carbocycles. The van der Waals surface area contributed by atoms with Crippen molar-refractivity contribution in [3.05, 3.63) is 0 Å². The molecular weight excluding hydrogens is 942 g/mol. The first-order valence-electron chi connectivity index (χ1n) is 32.8. The Bertz CT molecular complexity index is 1210. The van der Waals surface area contributed by atoms with Crippen LogP contribution in [0.4, 0.5) is 0 Å². The number of phosphoric ester groups is 1. The largest absolute Gasteiger partial charge is 0.472 e. The molecule has 0 heterocycles. The molecule has 0 aromatic heterocycles. The van der Waals surface area contributed by atoms with Crippen LogP contribution in [0.5, 0.6) is 0 Å². The maximum absolute atomic E-state index is 12.8. The molecule has 0 aromatic rings. The van der Waals surface area contributed by atoms with Crippen molar-refractivity contribution in [2.75, 3.05) is 47.5 Å². The van der Waals surface area contributed by atoms with Crippen LogP contribution in [0.2, 0.25) is 0 Å². The molecule has 0 rings (SSSR count). The Hall–Kier alpha value is -0.990. The number of carbonyl (C=O) groups is 2. The molecule has 442 valence electrons. The van der Waals surface area contributed by atoms with Crippen molar-refractivity contribution >= 4 is 19.8 Å². The number of esters is 2. The van der Waals surface area contributed by atoms with Crippen molar-refractivity contribution in [3.8, 4) is 0 Å². The predicted molar refractivity (Wildman–Crippen MR) is 317 cm³/mol. The molecule has 2 unspecified atom stereocenters. The normalized spacial score (nSPS) is 13.1. The third-order valence-corrected chi connectivity index (χ3v) is 16.1. The summed E-state index contributed by atoms with van der Waals surface area (Å²) < 4.78 is 34.5.